The number of carbonyl (C=O) groups is 4. The second-order valence-corrected chi connectivity index (χ2v) is 20.8. The van der Waals surface area contributed by atoms with Crippen molar-refractivity contribution in [3.05, 3.63) is 247 Å². The minimum atomic E-state index is -0.436. The van der Waals surface area contributed by atoms with E-state index in [0.717, 1.165) is 56.3 Å². The number of aromatic nitrogens is 6. The van der Waals surface area contributed by atoms with E-state index < -0.39 is 5.91 Å². The summed E-state index contributed by atoms with van der Waals surface area (Å²) in [5, 5.41) is 25.8. The van der Waals surface area contributed by atoms with Crippen molar-refractivity contribution < 1.29 is 19.2 Å². The van der Waals surface area contributed by atoms with Gasteiger partial charge < -0.3 is 52.3 Å². The standard InChI is InChI=1S/C67H64N16O4/c1-7-58(84)71-53-23-16-24-54(35-53)74-62-56(39-70-67(81-62)76-49-20-13-10-14-21-49)63(86)78-57-36-55(57)43(4)64(87)83(6)41-46-17-15-22-52(34-46)73-61-47(38-69-66(80-61)75-48-18-11-9-12-19-48)33-44-25-29-51(30-26-44)77-65-68-37-42(3)60(79-65)72-50-31-27-45(28-32-50)40-82(5)59(85)8-2/h7-32,34-35,37-39,55,57H,1-2,4,33,36,40-41H2,3,5-6H3,(H,71,84)(H,78,86)(H2,68,72,77,79)(H2,69,73,75,80)(H2,70,74,76,81). The molecule has 2 atom stereocenters. The molecule has 0 spiro atoms. The number of nitrogens with one attached hydrogen (secondary N) is 8. The first-order chi connectivity index (χ1) is 42.2. The predicted molar refractivity (Wildman–Crippen MR) is 342 cm³/mol. The van der Waals surface area contributed by atoms with Crippen molar-refractivity contribution in [2.75, 3.05) is 51.3 Å². The molecule has 3 heterocycles. The van der Waals surface area contributed by atoms with Crippen molar-refractivity contribution in [3.63, 3.8) is 0 Å². The summed E-state index contributed by atoms with van der Waals surface area (Å²) in [5.74, 6) is 1.09. The number of anilines is 13. The van der Waals surface area contributed by atoms with Crippen LogP contribution in [-0.2, 0) is 33.9 Å². The van der Waals surface area contributed by atoms with Crippen molar-refractivity contribution in [3.8, 4) is 0 Å². The summed E-state index contributed by atoms with van der Waals surface area (Å²) in [5.41, 5.74) is 10.2. The minimum Gasteiger partial charge on any atom is -0.348 e. The van der Waals surface area contributed by atoms with E-state index in [1.807, 2.05) is 147 Å². The molecule has 436 valence electrons. The summed E-state index contributed by atoms with van der Waals surface area (Å²) in [6.07, 6.45) is 8.52. The predicted octanol–water partition coefficient (Wildman–Crippen LogP) is 12.0. The zero-order valence-electron chi connectivity index (χ0n) is 48.2. The molecule has 20 nitrogen and oxygen atoms in total. The van der Waals surface area contributed by atoms with Gasteiger partial charge in [0.25, 0.3) is 5.91 Å². The molecular weight excluding hydrogens is 1090 g/mol. The first kappa shape index (κ1) is 58.6. The number of likely N-dealkylation sites (N-methyl/N-ethyl adjacent to an activating group) is 2. The molecule has 20 heteroatoms. The number of rotatable bonds is 25. The molecule has 0 bridgehead atoms. The Morgan fingerprint density at radius 2 is 1.05 bits per heavy atom. The van der Waals surface area contributed by atoms with Gasteiger partial charge in [0.2, 0.25) is 35.6 Å². The second-order valence-electron chi connectivity index (χ2n) is 20.8. The van der Waals surface area contributed by atoms with Gasteiger partial charge in [-0.2, -0.15) is 15.0 Å². The molecule has 9 aromatic rings. The SMILES string of the molecule is C=CC(=O)Nc1cccc(Nc2nc(Nc3ccccc3)ncc2C(=O)NC2CC2C(=C)C(=O)N(C)Cc2cccc(Nc3nc(Nc4ccccc4)ncc3Cc3ccc(Nc4ncc(C)c(Nc5ccc(CN(C)C(=O)C=C)cc5)n4)cc3)c2)c1. The summed E-state index contributed by atoms with van der Waals surface area (Å²) in [4.78, 5) is 83.3. The van der Waals surface area contributed by atoms with Crippen LogP contribution in [0.5, 0.6) is 0 Å². The van der Waals surface area contributed by atoms with Crippen LogP contribution < -0.4 is 42.5 Å². The number of hydrogen-bond acceptors (Lipinski definition) is 16. The maximum atomic E-state index is 14.0. The van der Waals surface area contributed by atoms with E-state index in [4.69, 9.17) is 15.0 Å². The third-order valence-electron chi connectivity index (χ3n) is 14.1. The fourth-order valence-corrected chi connectivity index (χ4v) is 9.35. The summed E-state index contributed by atoms with van der Waals surface area (Å²) in [6.45, 7) is 14.0. The molecular formula is C67H64N16O4. The first-order valence-corrected chi connectivity index (χ1v) is 27.9. The number of para-hydroxylation sites is 2. The van der Waals surface area contributed by atoms with E-state index in [2.05, 4.69) is 77.2 Å². The second kappa shape index (κ2) is 27.2. The van der Waals surface area contributed by atoms with Crippen molar-refractivity contribution in [2.45, 2.75) is 38.9 Å². The van der Waals surface area contributed by atoms with E-state index in [-0.39, 0.29) is 53.6 Å². The summed E-state index contributed by atoms with van der Waals surface area (Å²) in [6, 6.07) is 49.3. The molecule has 1 fully saturated rings. The average Bonchev–Trinajstić information content (AvgIpc) is 2.69. The number of hydrogen-bond donors (Lipinski definition) is 8. The first-order valence-electron chi connectivity index (χ1n) is 27.9. The zero-order valence-corrected chi connectivity index (χ0v) is 48.2. The molecule has 0 radical (unpaired) electrons. The van der Waals surface area contributed by atoms with Crippen LogP contribution in [0.15, 0.2) is 214 Å². The van der Waals surface area contributed by atoms with Crippen LogP contribution in [0.4, 0.5) is 75.1 Å². The van der Waals surface area contributed by atoms with Gasteiger partial charge in [0, 0.05) is 121 Å². The van der Waals surface area contributed by atoms with E-state index >= 15 is 0 Å². The van der Waals surface area contributed by atoms with Gasteiger partial charge in [-0.15, -0.1) is 0 Å². The highest BCUT2D eigenvalue weighted by Crippen LogP contribution is 2.38. The molecule has 0 saturated heterocycles. The number of amides is 4. The van der Waals surface area contributed by atoms with Gasteiger partial charge in [-0.05, 0) is 121 Å². The molecule has 1 saturated carbocycles. The Morgan fingerprint density at radius 1 is 0.529 bits per heavy atom. The Hall–Kier alpha value is -11.5. The van der Waals surface area contributed by atoms with Crippen LogP contribution in [0, 0.1) is 12.8 Å². The van der Waals surface area contributed by atoms with Gasteiger partial charge in [0.1, 0.15) is 23.0 Å². The molecule has 4 amide bonds. The molecule has 87 heavy (non-hydrogen) atoms. The molecule has 1 aliphatic carbocycles. The lowest BCUT2D eigenvalue weighted by atomic mass is 10.1. The fraction of sp³-hybridized carbons (Fsp3) is 0.134. The van der Waals surface area contributed by atoms with E-state index in [9.17, 15) is 19.2 Å². The van der Waals surface area contributed by atoms with Gasteiger partial charge in [0.05, 0.1) is 0 Å². The largest absolute Gasteiger partial charge is 0.348 e. The Kier molecular flexibility index (Phi) is 18.4. The van der Waals surface area contributed by atoms with Crippen LogP contribution in [0.25, 0.3) is 0 Å². The lowest BCUT2D eigenvalue weighted by Gasteiger charge is -2.20. The van der Waals surface area contributed by atoms with Gasteiger partial charge in [-0.3, -0.25) is 19.2 Å². The lowest BCUT2D eigenvalue weighted by Crippen LogP contribution is -2.31. The van der Waals surface area contributed by atoms with Gasteiger partial charge >= 0.3 is 0 Å². The Labute approximate surface area is 504 Å². The van der Waals surface area contributed by atoms with Crippen molar-refractivity contribution >= 4 is 98.7 Å². The maximum absolute atomic E-state index is 14.0. The lowest BCUT2D eigenvalue weighted by molar-refractivity contribution is -0.127. The molecule has 8 N–H and O–H groups in total. The number of benzene rings is 6. The highest BCUT2D eigenvalue weighted by atomic mass is 16.2. The topological polar surface area (TPSA) is 248 Å². The number of nitrogens with zero attached hydrogens (tertiary/aromatic N) is 8. The summed E-state index contributed by atoms with van der Waals surface area (Å²) >= 11 is 0. The molecule has 1 aliphatic rings. The summed E-state index contributed by atoms with van der Waals surface area (Å²) in [7, 11) is 3.47. The number of aryl methyl sites for hydroxylation is 1. The number of carbonyl (C=O) groups excluding carboxylic acids is 4. The maximum Gasteiger partial charge on any atom is 0.256 e. The van der Waals surface area contributed by atoms with Gasteiger partial charge in [-0.25, -0.2) is 15.0 Å². The van der Waals surface area contributed by atoms with Crippen LogP contribution in [0.2, 0.25) is 0 Å². The normalized spacial score (nSPS) is 13.0. The van der Waals surface area contributed by atoms with Crippen LogP contribution >= 0.6 is 0 Å². The van der Waals surface area contributed by atoms with E-state index in [0.29, 0.717) is 59.9 Å². The molecule has 2 unspecified atom stereocenters. The van der Waals surface area contributed by atoms with E-state index in [1.54, 1.807) is 54.4 Å². The van der Waals surface area contributed by atoms with Crippen molar-refractivity contribution in [1.82, 2.24) is 45.0 Å². The molecule has 3 aromatic heterocycles. The smallest absolute Gasteiger partial charge is 0.256 e. The van der Waals surface area contributed by atoms with Crippen LogP contribution in [-0.4, -0.2) is 83.5 Å². The highest BCUT2D eigenvalue weighted by Gasteiger charge is 2.43. The minimum absolute atomic E-state index is 0.140. The van der Waals surface area contributed by atoms with Gasteiger partial charge in [0.15, 0.2) is 0 Å². The average molecular weight is 1160 g/mol. The van der Waals surface area contributed by atoms with Crippen LogP contribution in [0.1, 0.15) is 44.6 Å². The van der Waals surface area contributed by atoms with Crippen LogP contribution in [0.3, 0.4) is 0 Å². The quantitative estimate of drug-likeness (QED) is 0.0248. The zero-order chi connectivity index (χ0) is 60.8. The third kappa shape index (κ3) is 15.8. The van der Waals surface area contributed by atoms with Crippen molar-refractivity contribution in [2.24, 2.45) is 5.92 Å². The molecule has 10 rings (SSSR count). The van der Waals surface area contributed by atoms with Gasteiger partial charge in [-0.1, -0.05) is 98.6 Å². The highest BCUT2D eigenvalue weighted by molar-refractivity contribution is 6.01. The Morgan fingerprint density at radius 3 is 1.70 bits per heavy atom. The van der Waals surface area contributed by atoms with E-state index in [1.165, 1.54) is 18.3 Å². The fourth-order valence-electron chi connectivity index (χ4n) is 9.35. The summed E-state index contributed by atoms with van der Waals surface area (Å²) < 4.78 is 0. The molecule has 0 aliphatic heterocycles. The molecule has 6 aromatic carbocycles. The van der Waals surface area contributed by atoms with Crippen molar-refractivity contribution in [1.29, 1.82) is 0 Å². The Bertz CT molecular complexity index is 4000. The Balaban J connectivity index is 0.774. The monoisotopic (exact) mass is 1160 g/mol. The third-order valence-corrected chi connectivity index (χ3v) is 14.1.